The Morgan fingerprint density at radius 1 is 1.27 bits per heavy atom. The largest absolute Gasteiger partial charge is 0.427 e. The van der Waals surface area contributed by atoms with E-state index in [9.17, 15) is 18.0 Å². The van der Waals surface area contributed by atoms with Crippen molar-refractivity contribution in [3.05, 3.63) is 29.8 Å². The van der Waals surface area contributed by atoms with Gasteiger partial charge in [0.25, 0.3) is 10.1 Å². The van der Waals surface area contributed by atoms with E-state index in [1.54, 1.807) is 0 Å². The van der Waals surface area contributed by atoms with Crippen LogP contribution in [0.1, 0.15) is 18.0 Å². The van der Waals surface area contributed by atoms with Crippen LogP contribution in [-0.2, 0) is 19.7 Å². The first-order valence-corrected chi connectivity index (χ1v) is 7.65. The van der Waals surface area contributed by atoms with Crippen LogP contribution in [0.25, 0.3) is 0 Å². The Labute approximate surface area is 126 Å². The first-order chi connectivity index (χ1) is 10.2. The van der Waals surface area contributed by atoms with Gasteiger partial charge < -0.3 is 20.3 Å². The van der Waals surface area contributed by atoms with Gasteiger partial charge in [0, 0.05) is 0 Å². The minimum Gasteiger partial charge on any atom is -0.427 e. The summed E-state index contributed by atoms with van der Waals surface area (Å²) in [6.45, 7) is 0. The normalized spacial score (nSPS) is 12.7. The second kappa shape index (κ2) is 7.84. The number of benzene rings is 1. The maximum atomic E-state index is 11.4. The highest BCUT2D eigenvalue weighted by molar-refractivity contribution is 7.85. The van der Waals surface area contributed by atoms with Gasteiger partial charge in [-0.25, -0.2) is 0 Å². The maximum Gasteiger partial charge on any atom is 0.312 e. The highest BCUT2D eigenvalue weighted by Crippen LogP contribution is 2.20. The zero-order valence-corrected chi connectivity index (χ0v) is 12.1. The van der Waals surface area contributed by atoms with Crippen molar-refractivity contribution in [3.8, 4) is 5.75 Å². The van der Waals surface area contributed by atoms with E-state index in [0.717, 1.165) is 0 Å². The van der Waals surface area contributed by atoms with Crippen molar-refractivity contribution in [3.63, 3.8) is 0 Å². The molecule has 0 saturated heterocycles. The van der Waals surface area contributed by atoms with E-state index >= 15 is 0 Å². The van der Waals surface area contributed by atoms with Crippen LogP contribution in [0.5, 0.6) is 5.75 Å². The van der Waals surface area contributed by atoms with Crippen molar-refractivity contribution in [2.75, 3.05) is 5.75 Å². The Bertz CT molecular complexity index is 611. The Morgan fingerprint density at radius 3 is 2.32 bits per heavy atom. The number of carbonyl (C=O) groups excluding carboxylic acids is 2. The lowest BCUT2D eigenvalue weighted by Crippen LogP contribution is -2.30. The summed E-state index contributed by atoms with van der Waals surface area (Å²) in [5, 5.41) is 20.5. The van der Waals surface area contributed by atoms with Gasteiger partial charge in [0.1, 0.15) is 11.8 Å². The third-order valence-corrected chi connectivity index (χ3v) is 3.30. The van der Waals surface area contributed by atoms with E-state index in [2.05, 4.69) is 5.32 Å². The van der Waals surface area contributed by atoms with Crippen molar-refractivity contribution in [2.45, 2.75) is 18.8 Å². The van der Waals surface area contributed by atoms with Crippen molar-refractivity contribution in [2.24, 2.45) is 0 Å². The Balaban J connectivity index is 2.68. The smallest absolute Gasteiger partial charge is 0.312 e. The Kier molecular flexibility index (Phi) is 6.43. The SMILES string of the molecule is O=CNC(c1ccc(OC(=O)CCS(=O)(=O)O)cc1)C(O)O. The minimum atomic E-state index is -4.24. The van der Waals surface area contributed by atoms with Crippen molar-refractivity contribution >= 4 is 22.5 Å². The fourth-order valence-corrected chi connectivity index (χ4v) is 1.99. The van der Waals surface area contributed by atoms with E-state index in [4.69, 9.17) is 19.5 Å². The number of carbonyl (C=O) groups is 2. The van der Waals surface area contributed by atoms with Gasteiger partial charge in [-0.3, -0.25) is 14.1 Å². The number of esters is 1. The number of rotatable bonds is 8. The molecule has 0 spiro atoms. The fraction of sp³-hybridized carbons (Fsp3) is 0.333. The quantitative estimate of drug-likeness (QED) is 0.155. The monoisotopic (exact) mass is 333 g/mol. The number of nitrogens with one attached hydrogen (secondary N) is 1. The van der Waals surface area contributed by atoms with E-state index in [1.165, 1.54) is 24.3 Å². The summed E-state index contributed by atoms with van der Waals surface area (Å²) in [6.07, 6.45) is -2.01. The number of hydrogen-bond donors (Lipinski definition) is 4. The molecule has 0 heterocycles. The number of hydrogen-bond acceptors (Lipinski definition) is 7. The second-order valence-electron chi connectivity index (χ2n) is 4.25. The average Bonchev–Trinajstić information content (AvgIpc) is 2.43. The van der Waals surface area contributed by atoms with Crippen LogP contribution in [0.15, 0.2) is 24.3 Å². The zero-order chi connectivity index (χ0) is 16.8. The predicted molar refractivity (Wildman–Crippen MR) is 73.3 cm³/mol. The van der Waals surface area contributed by atoms with Crippen LogP contribution >= 0.6 is 0 Å². The van der Waals surface area contributed by atoms with Crippen LogP contribution in [-0.4, -0.2) is 47.6 Å². The number of ether oxygens (including phenoxy) is 1. The molecule has 1 aromatic rings. The predicted octanol–water partition coefficient (Wildman–Crippen LogP) is -1.03. The molecular weight excluding hydrogens is 318 g/mol. The van der Waals surface area contributed by atoms with Crippen LogP contribution in [0.4, 0.5) is 0 Å². The summed E-state index contributed by atoms with van der Waals surface area (Å²) < 4.78 is 34.3. The molecule has 9 nitrogen and oxygen atoms in total. The van der Waals surface area contributed by atoms with Gasteiger partial charge in [0.2, 0.25) is 6.41 Å². The number of aliphatic hydroxyl groups is 2. The summed E-state index contributed by atoms with van der Waals surface area (Å²) in [4.78, 5) is 21.7. The van der Waals surface area contributed by atoms with Gasteiger partial charge in [-0.05, 0) is 17.7 Å². The average molecular weight is 333 g/mol. The fourth-order valence-electron chi connectivity index (χ4n) is 1.57. The van der Waals surface area contributed by atoms with Crippen LogP contribution < -0.4 is 10.1 Å². The molecule has 1 atom stereocenters. The molecule has 1 unspecified atom stereocenters. The summed E-state index contributed by atoms with van der Waals surface area (Å²) >= 11 is 0. The van der Waals surface area contributed by atoms with E-state index in [0.29, 0.717) is 12.0 Å². The van der Waals surface area contributed by atoms with Crippen molar-refractivity contribution in [1.29, 1.82) is 0 Å². The topological polar surface area (TPSA) is 150 Å². The first kappa shape index (κ1) is 18.0. The molecule has 0 aliphatic carbocycles. The van der Waals surface area contributed by atoms with Crippen LogP contribution in [0.2, 0.25) is 0 Å². The van der Waals surface area contributed by atoms with E-state index in [-0.39, 0.29) is 5.75 Å². The Morgan fingerprint density at radius 2 is 1.86 bits per heavy atom. The molecule has 0 fully saturated rings. The molecule has 0 aromatic heterocycles. The lowest BCUT2D eigenvalue weighted by molar-refractivity contribution is -0.134. The van der Waals surface area contributed by atoms with Gasteiger partial charge in [-0.15, -0.1) is 0 Å². The van der Waals surface area contributed by atoms with Gasteiger partial charge in [-0.2, -0.15) is 8.42 Å². The molecular formula is C12H15NO8S. The number of aliphatic hydroxyl groups excluding tert-OH is 1. The van der Waals surface area contributed by atoms with Crippen molar-refractivity contribution in [1.82, 2.24) is 5.32 Å². The molecule has 0 saturated carbocycles. The van der Waals surface area contributed by atoms with Gasteiger partial charge in [0.15, 0.2) is 6.29 Å². The van der Waals surface area contributed by atoms with E-state index < -0.39 is 40.6 Å². The molecule has 1 rings (SSSR count). The summed E-state index contributed by atoms with van der Waals surface area (Å²) in [5.41, 5.74) is 0.361. The zero-order valence-electron chi connectivity index (χ0n) is 11.2. The highest BCUT2D eigenvalue weighted by Gasteiger charge is 2.18. The van der Waals surface area contributed by atoms with Crippen LogP contribution in [0.3, 0.4) is 0 Å². The molecule has 22 heavy (non-hydrogen) atoms. The van der Waals surface area contributed by atoms with Crippen LogP contribution in [0, 0.1) is 0 Å². The third-order valence-electron chi connectivity index (χ3n) is 2.58. The molecule has 0 bridgehead atoms. The standard InChI is InChI=1S/C12H15NO8S/c14-7-13-11(12(16)17)8-1-3-9(4-2-8)21-10(15)5-6-22(18,19)20/h1-4,7,11-12,16-17H,5-6H2,(H,13,14)(H,18,19,20). The number of amides is 1. The molecule has 122 valence electrons. The molecule has 0 aliphatic rings. The second-order valence-corrected chi connectivity index (χ2v) is 5.83. The summed E-state index contributed by atoms with van der Waals surface area (Å²) in [7, 11) is -4.24. The highest BCUT2D eigenvalue weighted by atomic mass is 32.2. The van der Waals surface area contributed by atoms with Gasteiger partial charge >= 0.3 is 5.97 Å². The lowest BCUT2D eigenvalue weighted by Gasteiger charge is -2.18. The molecule has 0 aliphatic heterocycles. The first-order valence-electron chi connectivity index (χ1n) is 6.04. The summed E-state index contributed by atoms with van der Waals surface area (Å²) in [5.74, 6) is -1.50. The molecule has 1 aromatic carbocycles. The van der Waals surface area contributed by atoms with Gasteiger partial charge in [-0.1, -0.05) is 12.1 Å². The molecule has 0 radical (unpaired) electrons. The van der Waals surface area contributed by atoms with Crippen molar-refractivity contribution < 1.29 is 37.5 Å². The molecule has 4 N–H and O–H groups in total. The molecule has 10 heteroatoms. The molecule has 1 amide bonds. The maximum absolute atomic E-state index is 11.4. The minimum absolute atomic E-state index is 0.0985. The Hall–Kier alpha value is -2.01. The summed E-state index contributed by atoms with van der Waals surface area (Å²) in [6, 6.07) is 4.42. The lowest BCUT2D eigenvalue weighted by atomic mass is 10.1. The van der Waals surface area contributed by atoms with Gasteiger partial charge in [0.05, 0.1) is 12.2 Å². The third kappa shape index (κ3) is 6.18. The van der Waals surface area contributed by atoms with E-state index in [1.807, 2.05) is 0 Å².